The minimum absolute atomic E-state index is 0.235. The van der Waals surface area contributed by atoms with E-state index in [1.54, 1.807) is 13.0 Å². The maximum absolute atomic E-state index is 10.5. The van der Waals surface area contributed by atoms with E-state index in [1.807, 2.05) is 0 Å². The molecule has 0 aliphatic heterocycles. The molecule has 0 heterocycles. The molecule has 6 heteroatoms. The average Bonchev–Trinajstić information content (AvgIpc) is 2.10. The van der Waals surface area contributed by atoms with Gasteiger partial charge in [-0.05, 0) is 18.6 Å². The molecule has 1 rings (SSSR count). The van der Waals surface area contributed by atoms with Crippen molar-refractivity contribution >= 4 is 11.9 Å². The van der Waals surface area contributed by atoms with Crippen molar-refractivity contribution in [2.75, 3.05) is 0 Å². The van der Waals surface area contributed by atoms with E-state index in [2.05, 4.69) is 5.10 Å². The summed E-state index contributed by atoms with van der Waals surface area (Å²) in [6.07, 6.45) is 1.16. The lowest BCUT2D eigenvalue weighted by Crippen LogP contribution is -1.94. The van der Waals surface area contributed by atoms with Crippen LogP contribution < -0.4 is 5.84 Å². The summed E-state index contributed by atoms with van der Waals surface area (Å²) < 4.78 is 0. The second-order valence-electron chi connectivity index (χ2n) is 2.76. The Balaban J connectivity index is 3.39. The van der Waals surface area contributed by atoms with Crippen LogP contribution in [0.15, 0.2) is 17.2 Å². The number of hydrogen-bond donors (Lipinski definition) is 2. The number of benzene rings is 1. The summed E-state index contributed by atoms with van der Waals surface area (Å²) >= 11 is 0. The number of aryl methyl sites for hydroxylation is 1. The van der Waals surface area contributed by atoms with Crippen LogP contribution in [0.25, 0.3) is 0 Å². The third-order valence-corrected chi connectivity index (χ3v) is 1.67. The molecular weight excluding hydrogens is 186 g/mol. The normalized spacial score (nSPS) is 10.6. The maximum Gasteiger partial charge on any atom is 0.311 e. The van der Waals surface area contributed by atoms with Crippen molar-refractivity contribution in [3.8, 4) is 5.75 Å². The zero-order valence-electron chi connectivity index (χ0n) is 7.47. The smallest absolute Gasteiger partial charge is 0.311 e. The molecule has 0 bridgehead atoms. The van der Waals surface area contributed by atoms with Gasteiger partial charge < -0.3 is 10.9 Å². The van der Waals surface area contributed by atoms with E-state index in [0.29, 0.717) is 5.56 Å². The summed E-state index contributed by atoms with van der Waals surface area (Å²) in [5, 5.41) is 23.1. The molecule has 0 atom stereocenters. The second kappa shape index (κ2) is 3.73. The highest BCUT2D eigenvalue weighted by atomic mass is 16.6. The molecule has 0 saturated heterocycles. The van der Waals surface area contributed by atoms with Gasteiger partial charge in [0.25, 0.3) is 0 Å². The topological polar surface area (TPSA) is 102 Å². The Bertz CT molecular complexity index is 401. The minimum Gasteiger partial charge on any atom is -0.502 e. The van der Waals surface area contributed by atoms with Crippen LogP contribution in [-0.4, -0.2) is 16.2 Å². The third-order valence-electron chi connectivity index (χ3n) is 1.67. The van der Waals surface area contributed by atoms with Crippen LogP contribution in [0.5, 0.6) is 5.75 Å². The molecule has 0 aliphatic rings. The number of aromatic hydroxyl groups is 1. The van der Waals surface area contributed by atoms with Gasteiger partial charge in [0.15, 0.2) is 0 Å². The van der Waals surface area contributed by atoms with E-state index < -0.39 is 10.7 Å². The Hall–Kier alpha value is -2.11. The predicted molar refractivity (Wildman–Crippen MR) is 51.3 cm³/mol. The highest BCUT2D eigenvalue weighted by Crippen LogP contribution is 2.29. The van der Waals surface area contributed by atoms with Crippen molar-refractivity contribution < 1.29 is 10.0 Å². The zero-order valence-corrected chi connectivity index (χ0v) is 7.47. The summed E-state index contributed by atoms with van der Waals surface area (Å²) in [5.41, 5.74) is 0.545. The molecule has 0 amide bonds. The first-order valence-electron chi connectivity index (χ1n) is 3.77. The van der Waals surface area contributed by atoms with Gasteiger partial charge in [0.05, 0.1) is 11.1 Å². The first-order valence-corrected chi connectivity index (χ1v) is 3.77. The van der Waals surface area contributed by atoms with Gasteiger partial charge in [-0.1, -0.05) is 0 Å². The molecule has 1 aromatic carbocycles. The van der Waals surface area contributed by atoms with Crippen LogP contribution in [-0.2, 0) is 0 Å². The molecule has 0 spiro atoms. The quantitative estimate of drug-likeness (QED) is 0.316. The largest absolute Gasteiger partial charge is 0.502 e. The van der Waals surface area contributed by atoms with Gasteiger partial charge in [0.1, 0.15) is 0 Å². The van der Waals surface area contributed by atoms with E-state index >= 15 is 0 Å². The van der Waals surface area contributed by atoms with Crippen molar-refractivity contribution in [1.29, 1.82) is 0 Å². The summed E-state index contributed by atoms with van der Waals surface area (Å²) in [5.74, 6) is 4.47. The number of hydrogen-bond acceptors (Lipinski definition) is 5. The third kappa shape index (κ3) is 1.79. The second-order valence-corrected chi connectivity index (χ2v) is 2.76. The molecule has 0 aromatic heterocycles. The minimum atomic E-state index is -0.657. The number of phenolic OH excluding ortho intramolecular Hbond substituents is 1. The van der Waals surface area contributed by atoms with Gasteiger partial charge in [0, 0.05) is 11.6 Å². The summed E-state index contributed by atoms with van der Waals surface area (Å²) in [4.78, 5) is 9.84. The molecule has 74 valence electrons. The lowest BCUT2D eigenvalue weighted by molar-refractivity contribution is -0.385. The molecule has 0 saturated carbocycles. The lowest BCUT2D eigenvalue weighted by atomic mass is 10.1. The number of hydrazone groups is 1. The summed E-state index contributed by atoms with van der Waals surface area (Å²) in [7, 11) is 0. The SMILES string of the molecule is Cc1cc(C=NN)c(O)c([N+](=O)[O-])c1. The van der Waals surface area contributed by atoms with Crippen LogP contribution in [0.1, 0.15) is 11.1 Å². The molecule has 6 nitrogen and oxygen atoms in total. The van der Waals surface area contributed by atoms with Gasteiger partial charge in [-0.3, -0.25) is 10.1 Å². The molecule has 1 aromatic rings. The van der Waals surface area contributed by atoms with Crippen LogP contribution in [0.4, 0.5) is 5.69 Å². The number of nitrogens with two attached hydrogens (primary N) is 1. The Morgan fingerprint density at radius 2 is 2.29 bits per heavy atom. The number of nitro benzene ring substituents is 1. The van der Waals surface area contributed by atoms with Gasteiger partial charge in [-0.2, -0.15) is 5.10 Å². The number of nitrogens with zero attached hydrogens (tertiary/aromatic N) is 2. The Morgan fingerprint density at radius 1 is 1.64 bits per heavy atom. The fourth-order valence-corrected chi connectivity index (χ4v) is 1.11. The fraction of sp³-hybridized carbons (Fsp3) is 0.125. The average molecular weight is 195 g/mol. The highest BCUT2D eigenvalue weighted by molar-refractivity contribution is 5.85. The Kier molecular flexibility index (Phi) is 2.66. The summed E-state index contributed by atoms with van der Waals surface area (Å²) in [6.45, 7) is 1.68. The Morgan fingerprint density at radius 3 is 2.79 bits per heavy atom. The van der Waals surface area contributed by atoms with Crippen molar-refractivity contribution in [3.63, 3.8) is 0 Å². The van der Waals surface area contributed by atoms with Crippen LogP contribution in [0.3, 0.4) is 0 Å². The number of rotatable bonds is 2. The van der Waals surface area contributed by atoms with Crippen LogP contribution in [0.2, 0.25) is 0 Å². The van der Waals surface area contributed by atoms with Gasteiger partial charge >= 0.3 is 5.69 Å². The van der Waals surface area contributed by atoms with E-state index in [0.717, 1.165) is 6.21 Å². The number of phenols is 1. The molecule has 0 radical (unpaired) electrons. The summed E-state index contributed by atoms with van der Waals surface area (Å²) in [6, 6.07) is 2.84. The first-order chi connectivity index (χ1) is 6.56. The molecule has 0 fully saturated rings. The zero-order chi connectivity index (χ0) is 10.7. The van der Waals surface area contributed by atoms with E-state index in [9.17, 15) is 15.2 Å². The number of nitro groups is 1. The van der Waals surface area contributed by atoms with E-state index in [4.69, 9.17) is 5.84 Å². The molecule has 0 unspecified atom stereocenters. The van der Waals surface area contributed by atoms with Crippen molar-refractivity contribution in [1.82, 2.24) is 0 Å². The fourth-order valence-electron chi connectivity index (χ4n) is 1.11. The monoisotopic (exact) mass is 195 g/mol. The lowest BCUT2D eigenvalue weighted by Gasteiger charge is -2.01. The van der Waals surface area contributed by atoms with E-state index in [-0.39, 0.29) is 11.3 Å². The Labute approximate surface area is 79.8 Å². The van der Waals surface area contributed by atoms with E-state index in [1.165, 1.54) is 6.07 Å². The van der Waals surface area contributed by atoms with Crippen molar-refractivity contribution in [2.45, 2.75) is 6.92 Å². The standard InChI is InChI=1S/C8H9N3O3/c1-5-2-6(4-10-9)8(12)7(3-5)11(13)14/h2-4,12H,9H2,1H3. The predicted octanol–water partition coefficient (Wildman–Crippen LogP) is 0.901. The van der Waals surface area contributed by atoms with Crippen LogP contribution in [0, 0.1) is 17.0 Å². The van der Waals surface area contributed by atoms with Crippen molar-refractivity contribution in [3.05, 3.63) is 33.4 Å². The maximum atomic E-state index is 10.5. The highest BCUT2D eigenvalue weighted by Gasteiger charge is 2.16. The van der Waals surface area contributed by atoms with Crippen molar-refractivity contribution in [2.24, 2.45) is 10.9 Å². The molecular formula is C8H9N3O3. The first kappa shape index (κ1) is 9.97. The van der Waals surface area contributed by atoms with Crippen LogP contribution >= 0.6 is 0 Å². The van der Waals surface area contributed by atoms with Gasteiger partial charge in [0.2, 0.25) is 5.75 Å². The van der Waals surface area contributed by atoms with Gasteiger partial charge in [-0.25, -0.2) is 0 Å². The molecule has 3 N–H and O–H groups in total. The molecule has 14 heavy (non-hydrogen) atoms. The van der Waals surface area contributed by atoms with Gasteiger partial charge in [-0.15, -0.1) is 0 Å². The molecule has 0 aliphatic carbocycles.